The molecule has 0 saturated carbocycles. The first-order valence-electron chi connectivity index (χ1n) is 5.42. The third-order valence-corrected chi connectivity index (χ3v) is 3.27. The van der Waals surface area contributed by atoms with E-state index in [1.807, 2.05) is 18.7 Å². The third-order valence-electron chi connectivity index (χ3n) is 3.27. The minimum atomic E-state index is -0.652. The largest absolute Gasteiger partial charge is 0.468 e. The number of amides is 1. The summed E-state index contributed by atoms with van der Waals surface area (Å²) in [6.07, 6.45) is 0. The van der Waals surface area contributed by atoms with Crippen molar-refractivity contribution in [2.24, 2.45) is 0 Å². The van der Waals surface area contributed by atoms with Crippen molar-refractivity contribution in [2.75, 3.05) is 27.2 Å². The molecule has 0 aromatic heterocycles. The molecule has 0 radical (unpaired) electrons. The molecule has 0 aromatic rings. The molecule has 92 valence electrons. The second-order valence-corrected chi connectivity index (χ2v) is 4.68. The number of hydrogen-bond donors (Lipinski definition) is 0. The summed E-state index contributed by atoms with van der Waals surface area (Å²) in [5.41, 5.74) is -0.652. The van der Waals surface area contributed by atoms with E-state index in [9.17, 15) is 9.59 Å². The van der Waals surface area contributed by atoms with Gasteiger partial charge >= 0.3 is 5.97 Å². The van der Waals surface area contributed by atoms with E-state index in [2.05, 4.69) is 0 Å². The molecule has 16 heavy (non-hydrogen) atoms. The van der Waals surface area contributed by atoms with Gasteiger partial charge in [-0.1, -0.05) is 0 Å². The van der Waals surface area contributed by atoms with Gasteiger partial charge in [0.2, 0.25) is 5.91 Å². The highest BCUT2D eigenvalue weighted by Crippen LogP contribution is 2.24. The molecule has 0 N–H and O–H groups in total. The van der Waals surface area contributed by atoms with Crippen LogP contribution in [0.25, 0.3) is 0 Å². The maximum Gasteiger partial charge on any atom is 0.322 e. The van der Waals surface area contributed by atoms with Crippen LogP contribution in [0.4, 0.5) is 0 Å². The Kier molecular flexibility index (Phi) is 3.57. The first-order chi connectivity index (χ1) is 7.32. The predicted octanol–water partition coefficient (Wildman–Crippen LogP) is 0.100. The molecule has 1 atom stereocenters. The quantitative estimate of drug-likeness (QED) is 0.629. The van der Waals surface area contributed by atoms with Crippen LogP contribution in [0.5, 0.6) is 0 Å². The lowest BCUT2D eigenvalue weighted by molar-refractivity contribution is -0.158. The molecule has 1 amide bonds. The fourth-order valence-electron chi connectivity index (χ4n) is 2.20. The molecular weight excluding hydrogens is 208 g/mol. The van der Waals surface area contributed by atoms with Crippen molar-refractivity contribution < 1.29 is 14.3 Å². The van der Waals surface area contributed by atoms with Crippen LogP contribution in [0.1, 0.15) is 20.8 Å². The van der Waals surface area contributed by atoms with Gasteiger partial charge in [0.25, 0.3) is 0 Å². The number of carbonyl (C=O) groups excluding carboxylic acids is 2. The standard InChI is InChI=1S/C11H20N2O3/c1-8(9(14)16-5)13-7-6-12(4)10(15)11(13,2)3/h8H,6-7H2,1-5H3. The van der Waals surface area contributed by atoms with Crippen LogP contribution in [0.15, 0.2) is 0 Å². The number of likely N-dealkylation sites (N-methyl/N-ethyl adjacent to an activating group) is 1. The van der Waals surface area contributed by atoms with Gasteiger partial charge in [-0.3, -0.25) is 14.5 Å². The maximum absolute atomic E-state index is 12.0. The highest BCUT2D eigenvalue weighted by atomic mass is 16.5. The molecule has 1 aliphatic rings. The average Bonchev–Trinajstić information content (AvgIpc) is 2.24. The monoisotopic (exact) mass is 228 g/mol. The number of esters is 1. The van der Waals surface area contributed by atoms with E-state index in [4.69, 9.17) is 4.74 Å². The summed E-state index contributed by atoms with van der Waals surface area (Å²) in [5, 5.41) is 0. The fraction of sp³-hybridized carbons (Fsp3) is 0.818. The van der Waals surface area contributed by atoms with Crippen LogP contribution >= 0.6 is 0 Å². The number of piperazine rings is 1. The molecular formula is C11H20N2O3. The van der Waals surface area contributed by atoms with Crippen LogP contribution in [0.2, 0.25) is 0 Å². The Morgan fingerprint density at radius 1 is 1.44 bits per heavy atom. The molecule has 5 heteroatoms. The Morgan fingerprint density at radius 3 is 2.50 bits per heavy atom. The summed E-state index contributed by atoms with van der Waals surface area (Å²) >= 11 is 0. The molecule has 0 aliphatic carbocycles. The molecule has 1 heterocycles. The van der Waals surface area contributed by atoms with Gasteiger partial charge in [0.1, 0.15) is 6.04 Å². The Morgan fingerprint density at radius 2 is 2.00 bits per heavy atom. The summed E-state index contributed by atoms with van der Waals surface area (Å²) in [6, 6.07) is -0.391. The van der Waals surface area contributed by atoms with Gasteiger partial charge in [0, 0.05) is 20.1 Å². The van der Waals surface area contributed by atoms with Gasteiger partial charge in [-0.2, -0.15) is 0 Å². The number of ether oxygens (including phenoxy) is 1. The molecule has 0 bridgehead atoms. The number of rotatable bonds is 2. The van der Waals surface area contributed by atoms with Crippen molar-refractivity contribution in [1.29, 1.82) is 0 Å². The number of hydrogen-bond acceptors (Lipinski definition) is 4. The lowest BCUT2D eigenvalue weighted by Crippen LogP contribution is -2.65. The molecule has 0 spiro atoms. The minimum Gasteiger partial charge on any atom is -0.468 e. The molecule has 5 nitrogen and oxygen atoms in total. The number of carbonyl (C=O) groups is 2. The molecule has 0 aromatic carbocycles. The SMILES string of the molecule is COC(=O)C(C)N1CCN(C)C(=O)C1(C)C. The summed E-state index contributed by atoms with van der Waals surface area (Å²) in [6.45, 7) is 6.77. The highest BCUT2D eigenvalue weighted by Gasteiger charge is 2.44. The number of methoxy groups -OCH3 is 1. The van der Waals surface area contributed by atoms with Gasteiger partial charge in [-0.15, -0.1) is 0 Å². The molecule has 1 saturated heterocycles. The van der Waals surface area contributed by atoms with Crippen LogP contribution in [0.3, 0.4) is 0 Å². The average molecular weight is 228 g/mol. The van der Waals surface area contributed by atoms with E-state index in [0.717, 1.165) is 0 Å². The van der Waals surface area contributed by atoms with Gasteiger partial charge in [-0.25, -0.2) is 0 Å². The van der Waals surface area contributed by atoms with Crippen LogP contribution in [-0.4, -0.2) is 60.5 Å². The Hall–Kier alpha value is -1.10. The summed E-state index contributed by atoms with van der Waals surface area (Å²) < 4.78 is 4.72. The van der Waals surface area contributed by atoms with Gasteiger partial charge in [-0.05, 0) is 20.8 Å². The van der Waals surface area contributed by atoms with E-state index >= 15 is 0 Å². The van der Waals surface area contributed by atoms with Crippen LogP contribution in [-0.2, 0) is 14.3 Å². The van der Waals surface area contributed by atoms with Crippen molar-refractivity contribution in [3.05, 3.63) is 0 Å². The summed E-state index contributed by atoms with van der Waals surface area (Å²) in [5.74, 6) is -0.264. The van der Waals surface area contributed by atoms with E-state index in [0.29, 0.717) is 13.1 Å². The lowest BCUT2D eigenvalue weighted by Gasteiger charge is -2.46. The second-order valence-electron chi connectivity index (χ2n) is 4.68. The summed E-state index contributed by atoms with van der Waals surface area (Å²) in [4.78, 5) is 27.1. The first-order valence-corrected chi connectivity index (χ1v) is 5.42. The van der Waals surface area contributed by atoms with E-state index in [1.165, 1.54) is 7.11 Å². The van der Waals surface area contributed by atoms with Crippen LogP contribution < -0.4 is 0 Å². The molecule has 1 aliphatic heterocycles. The van der Waals surface area contributed by atoms with Crippen molar-refractivity contribution in [2.45, 2.75) is 32.4 Å². The predicted molar refractivity (Wildman–Crippen MR) is 59.9 cm³/mol. The zero-order chi connectivity index (χ0) is 12.5. The molecule has 1 rings (SSSR count). The van der Waals surface area contributed by atoms with Gasteiger partial charge in [0.15, 0.2) is 0 Å². The molecule has 1 fully saturated rings. The fourth-order valence-corrected chi connectivity index (χ4v) is 2.20. The summed E-state index contributed by atoms with van der Waals surface area (Å²) in [7, 11) is 3.15. The third kappa shape index (κ3) is 2.04. The van der Waals surface area contributed by atoms with Crippen LogP contribution in [0, 0.1) is 0 Å². The maximum atomic E-state index is 12.0. The zero-order valence-corrected chi connectivity index (χ0v) is 10.6. The normalized spacial score (nSPS) is 23.1. The zero-order valence-electron chi connectivity index (χ0n) is 10.6. The van der Waals surface area contributed by atoms with Crippen molar-refractivity contribution in [3.8, 4) is 0 Å². The topological polar surface area (TPSA) is 49.9 Å². The van der Waals surface area contributed by atoms with Crippen molar-refractivity contribution in [1.82, 2.24) is 9.80 Å². The Balaban J connectivity index is 2.89. The Bertz CT molecular complexity index is 302. The highest BCUT2D eigenvalue weighted by molar-refractivity contribution is 5.87. The smallest absolute Gasteiger partial charge is 0.322 e. The minimum absolute atomic E-state index is 0.0366. The Labute approximate surface area is 96.3 Å². The second kappa shape index (κ2) is 4.41. The van der Waals surface area contributed by atoms with E-state index in [1.54, 1.807) is 18.9 Å². The van der Waals surface area contributed by atoms with Crippen molar-refractivity contribution >= 4 is 11.9 Å². The van der Waals surface area contributed by atoms with Gasteiger partial charge < -0.3 is 9.64 Å². The van der Waals surface area contributed by atoms with Crippen molar-refractivity contribution in [3.63, 3.8) is 0 Å². The van der Waals surface area contributed by atoms with Gasteiger partial charge in [0.05, 0.1) is 12.6 Å². The molecule has 1 unspecified atom stereocenters. The lowest BCUT2D eigenvalue weighted by atomic mass is 9.95. The number of nitrogens with zero attached hydrogens (tertiary/aromatic N) is 2. The first kappa shape index (κ1) is 13.0. The van der Waals surface area contributed by atoms with E-state index in [-0.39, 0.29) is 11.9 Å². The van der Waals surface area contributed by atoms with E-state index < -0.39 is 11.6 Å².